The number of aromatic nitrogens is 4. The summed E-state index contributed by atoms with van der Waals surface area (Å²) in [5.41, 5.74) is 2.12. The van der Waals surface area contributed by atoms with Crippen molar-refractivity contribution in [3.63, 3.8) is 0 Å². The number of benzene rings is 1. The highest BCUT2D eigenvalue weighted by Gasteiger charge is 2.10. The molecule has 3 aromatic rings. The zero-order valence-electron chi connectivity index (χ0n) is 12.6. The van der Waals surface area contributed by atoms with E-state index in [1.807, 2.05) is 31.2 Å². The molecule has 2 aromatic heterocycles. The second-order valence-electron chi connectivity index (χ2n) is 5.06. The predicted molar refractivity (Wildman–Crippen MR) is 88.6 cm³/mol. The van der Waals surface area contributed by atoms with E-state index in [1.165, 1.54) is 0 Å². The minimum absolute atomic E-state index is 0.206. The quantitative estimate of drug-likeness (QED) is 0.782. The second-order valence-corrected chi connectivity index (χ2v) is 5.46. The Hall–Kier alpha value is -2.60. The van der Waals surface area contributed by atoms with Gasteiger partial charge in [-0.25, -0.2) is 0 Å². The Morgan fingerprint density at radius 1 is 1.17 bits per heavy atom. The smallest absolute Gasteiger partial charge is 0.258 e. The minimum Gasteiger partial charge on any atom is -0.319 e. The van der Waals surface area contributed by atoms with Gasteiger partial charge in [0.15, 0.2) is 0 Å². The Kier molecular flexibility index (Phi) is 4.43. The highest BCUT2D eigenvalue weighted by molar-refractivity contribution is 6.31. The van der Waals surface area contributed by atoms with Crippen molar-refractivity contribution in [3.8, 4) is 0 Å². The van der Waals surface area contributed by atoms with Crippen LogP contribution in [-0.4, -0.2) is 25.5 Å². The molecule has 1 amide bonds. The summed E-state index contributed by atoms with van der Waals surface area (Å²) in [6, 6.07) is 7.60. The molecule has 0 aliphatic rings. The number of anilines is 1. The maximum atomic E-state index is 12.1. The number of carbonyl (C=O) groups excluding carboxylic acids is 1. The monoisotopic (exact) mass is 329 g/mol. The molecule has 0 aliphatic heterocycles. The zero-order chi connectivity index (χ0) is 16.2. The molecule has 0 saturated heterocycles. The third kappa shape index (κ3) is 3.60. The summed E-state index contributed by atoms with van der Waals surface area (Å²) in [5, 5.41) is 11.8. The summed E-state index contributed by atoms with van der Waals surface area (Å²) < 4.78 is 3.43. The van der Waals surface area contributed by atoms with Crippen LogP contribution in [0.3, 0.4) is 0 Å². The van der Waals surface area contributed by atoms with Crippen LogP contribution < -0.4 is 5.32 Å². The van der Waals surface area contributed by atoms with Gasteiger partial charge in [-0.1, -0.05) is 29.8 Å². The molecule has 0 radical (unpaired) electrons. The van der Waals surface area contributed by atoms with E-state index in [4.69, 9.17) is 11.6 Å². The molecule has 0 unspecified atom stereocenters. The lowest BCUT2D eigenvalue weighted by molar-refractivity contribution is 0.102. The molecule has 3 rings (SSSR count). The Balaban J connectivity index is 1.67. The van der Waals surface area contributed by atoms with Gasteiger partial charge in [0.1, 0.15) is 0 Å². The third-order valence-electron chi connectivity index (χ3n) is 3.40. The summed E-state index contributed by atoms with van der Waals surface area (Å²) in [7, 11) is 0. The summed E-state index contributed by atoms with van der Waals surface area (Å²) in [5.74, 6) is -0.206. The van der Waals surface area contributed by atoms with Crippen molar-refractivity contribution >= 4 is 23.2 Å². The van der Waals surface area contributed by atoms with Crippen LogP contribution in [0.25, 0.3) is 0 Å². The molecule has 0 bridgehead atoms. The number of carbonyl (C=O) groups is 1. The highest BCUT2D eigenvalue weighted by Crippen LogP contribution is 2.17. The average molecular weight is 330 g/mol. The van der Waals surface area contributed by atoms with Gasteiger partial charge < -0.3 is 5.32 Å². The van der Waals surface area contributed by atoms with Crippen molar-refractivity contribution in [1.82, 2.24) is 19.6 Å². The van der Waals surface area contributed by atoms with Gasteiger partial charge in [0.05, 0.1) is 30.2 Å². The number of hydrogen-bond acceptors (Lipinski definition) is 3. The summed E-state index contributed by atoms with van der Waals surface area (Å²) in [6.45, 7) is 3.24. The van der Waals surface area contributed by atoms with E-state index in [1.54, 1.807) is 34.2 Å². The van der Waals surface area contributed by atoms with Gasteiger partial charge in [0.2, 0.25) is 0 Å². The Labute approximate surface area is 138 Å². The molecular formula is C16H16ClN5O. The normalized spacial score (nSPS) is 10.7. The topological polar surface area (TPSA) is 64.7 Å². The first-order valence-corrected chi connectivity index (χ1v) is 7.63. The maximum absolute atomic E-state index is 12.1. The van der Waals surface area contributed by atoms with Crippen LogP contribution in [-0.2, 0) is 13.1 Å². The van der Waals surface area contributed by atoms with Gasteiger partial charge in [0, 0.05) is 24.0 Å². The van der Waals surface area contributed by atoms with Crippen molar-refractivity contribution in [3.05, 3.63) is 65.2 Å². The first kappa shape index (κ1) is 15.3. The zero-order valence-corrected chi connectivity index (χ0v) is 13.4. The minimum atomic E-state index is -0.206. The number of nitrogens with zero attached hydrogens (tertiary/aromatic N) is 4. The van der Waals surface area contributed by atoms with Crippen LogP contribution in [0.2, 0.25) is 5.02 Å². The molecule has 118 valence electrons. The molecule has 2 heterocycles. The summed E-state index contributed by atoms with van der Waals surface area (Å²) in [4.78, 5) is 12.1. The standard InChI is InChI=1S/C16H16ClN5O/c1-2-21-10-13(7-18-21)16(23)20-14-8-19-22(11-14)9-12-5-3-4-6-15(12)17/h3-8,10-11H,2,9H2,1H3,(H,20,23). The Morgan fingerprint density at radius 2 is 1.96 bits per heavy atom. The molecular weight excluding hydrogens is 314 g/mol. The van der Waals surface area contributed by atoms with Crippen LogP contribution in [0.15, 0.2) is 49.1 Å². The SMILES string of the molecule is CCn1cc(C(=O)Nc2cnn(Cc3ccccc3Cl)c2)cn1. The number of halogens is 1. The Bertz CT molecular complexity index is 823. The van der Waals surface area contributed by atoms with Crippen LogP contribution in [0.5, 0.6) is 0 Å². The number of nitrogens with one attached hydrogen (secondary N) is 1. The third-order valence-corrected chi connectivity index (χ3v) is 3.77. The molecule has 0 fully saturated rings. The molecule has 0 saturated carbocycles. The van der Waals surface area contributed by atoms with E-state index < -0.39 is 0 Å². The maximum Gasteiger partial charge on any atom is 0.258 e. The van der Waals surface area contributed by atoms with Crippen molar-refractivity contribution < 1.29 is 4.79 Å². The van der Waals surface area contributed by atoms with Crippen molar-refractivity contribution in [2.45, 2.75) is 20.0 Å². The fourth-order valence-electron chi connectivity index (χ4n) is 2.17. The molecule has 0 atom stereocenters. The lowest BCUT2D eigenvalue weighted by Gasteiger charge is -2.04. The average Bonchev–Trinajstić information content (AvgIpc) is 3.19. The van der Waals surface area contributed by atoms with Crippen molar-refractivity contribution in [2.75, 3.05) is 5.32 Å². The largest absolute Gasteiger partial charge is 0.319 e. The molecule has 7 heteroatoms. The first-order chi connectivity index (χ1) is 11.2. The lowest BCUT2D eigenvalue weighted by atomic mass is 10.2. The van der Waals surface area contributed by atoms with Crippen LogP contribution in [0.4, 0.5) is 5.69 Å². The van der Waals surface area contributed by atoms with E-state index in [2.05, 4.69) is 15.5 Å². The number of aryl methyl sites for hydroxylation is 1. The van der Waals surface area contributed by atoms with E-state index in [9.17, 15) is 4.79 Å². The summed E-state index contributed by atoms with van der Waals surface area (Å²) in [6.07, 6.45) is 6.64. The fraction of sp³-hybridized carbons (Fsp3) is 0.188. The predicted octanol–water partition coefficient (Wildman–Crippen LogP) is 3.05. The van der Waals surface area contributed by atoms with Gasteiger partial charge in [-0.2, -0.15) is 10.2 Å². The van der Waals surface area contributed by atoms with Crippen molar-refractivity contribution in [2.24, 2.45) is 0 Å². The lowest BCUT2D eigenvalue weighted by Crippen LogP contribution is -2.10. The number of rotatable bonds is 5. The van der Waals surface area contributed by atoms with E-state index in [0.717, 1.165) is 12.1 Å². The van der Waals surface area contributed by atoms with E-state index in [-0.39, 0.29) is 5.91 Å². The van der Waals surface area contributed by atoms with Crippen LogP contribution >= 0.6 is 11.6 Å². The van der Waals surface area contributed by atoms with Gasteiger partial charge in [-0.3, -0.25) is 14.2 Å². The van der Waals surface area contributed by atoms with Crippen LogP contribution in [0, 0.1) is 0 Å². The molecule has 0 spiro atoms. The summed E-state index contributed by atoms with van der Waals surface area (Å²) >= 11 is 6.14. The van der Waals surface area contributed by atoms with E-state index >= 15 is 0 Å². The Morgan fingerprint density at radius 3 is 2.70 bits per heavy atom. The van der Waals surface area contributed by atoms with Gasteiger partial charge in [-0.15, -0.1) is 0 Å². The van der Waals surface area contributed by atoms with Crippen molar-refractivity contribution in [1.29, 1.82) is 0 Å². The molecule has 0 aliphatic carbocycles. The molecule has 23 heavy (non-hydrogen) atoms. The highest BCUT2D eigenvalue weighted by atomic mass is 35.5. The van der Waals surface area contributed by atoms with Gasteiger partial charge >= 0.3 is 0 Å². The second kappa shape index (κ2) is 6.66. The molecule has 1 N–H and O–H groups in total. The van der Waals surface area contributed by atoms with E-state index in [0.29, 0.717) is 22.8 Å². The van der Waals surface area contributed by atoms with Crippen LogP contribution in [0.1, 0.15) is 22.8 Å². The van der Waals surface area contributed by atoms with Gasteiger partial charge in [0.25, 0.3) is 5.91 Å². The molecule has 6 nitrogen and oxygen atoms in total. The van der Waals surface area contributed by atoms with Gasteiger partial charge in [-0.05, 0) is 18.6 Å². The number of hydrogen-bond donors (Lipinski definition) is 1. The fourth-order valence-corrected chi connectivity index (χ4v) is 2.37. The molecule has 1 aromatic carbocycles. The number of amides is 1. The first-order valence-electron chi connectivity index (χ1n) is 7.25.